The van der Waals surface area contributed by atoms with Crippen molar-refractivity contribution < 1.29 is 0 Å². The number of piperidine rings is 1. The monoisotopic (exact) mass is 196 g/mol. The highest BCUT2D eigenvalue weighted by molar-refractivity contribution is 4.93. The first-order valence-electron chi connectivity index (χ1n) is 6.12. The van der Waals surface area contributed by atoms with Gasteiger partial charge in [-0.25, -0.2) is 0 Å². The first kappa shape index (κ1) is 10.4. The van der Waals surface area contributed by atoms with E-state index in [4.69, 9.17) is 0 Å². The van der Waals surface area contributed by atoms with Gasteiger partial charge in [-0.3, -0.25) is 0 Å². The van der Waals surface area contributed by atoms with Gasteiger partial charge in [-0.05, 0) is 45.2 Å². The Morgan fingerprint density at radius 2 is 1.79 bits per heavy atom. The van der Waals surface area contributed by atoms with E-state index in [9.17, 15) is 0 Å². The first-order valence-corrected chi connectivity index (χ1v) is 6.12. The van der Waals surface area contributed by atoms with Gasteiger partial charge in [0, 0.05) is 18.1 Å². The number of fused-ring (bicyclic) bond motifs is 2. The lowest BCUT2D eigenvalue weighted by Crippen LogP contribution is -2.43. The lowest BCUT2D eigenvalue weighted by Gasteiger charge is -2.36. The highest BCUT2D eigenvalue weighted by atomic mass is 15.2. The van der Waals surface area contributed by atoms with Crippen molar-refractivity contribution in [1.29, 1.82) is 0 Å². The molecule has 2 nitrogen and oxygen atoms in total. The lowest BCUT2D eigenvalue weighted by molar-refractivity contribution is 0.132. The Labute approximate surface area is 88.1 Å². The van der Waals surface area contributed by atoms with Gasteiger partial charge in [0.05, 0.1) is 0 Å². The van der Waals surface area contributed by atoms with E-state index in [1.165, 1.54) is 32.2 Å². The predicted octanol–water partition coefficient (Wildman–Crippen LogP) is 1.86. The maximum absolute atomic E-state index is 3.58. The van der Waals surface area contributed by atoms with Gasteiger partial charge in [0.1, 0.15) is 0 Å². The molecule has 82 valence electrons. The molecule has 0 radical (unpaired) electrons. The van der Waals surface area contributed by atoms with Crippen LogP contribution in [0, 0.1) is 5.92 Å². The zero-order valence-corrected chi connectivity index (χ0v) is 9.79. The van der Waals surface area contributed by atoms with E-state index in [2.05, 4.69) is 31.1 Å². The van der Waals surface area contributed by atoms with E-state index < -0.39 is 0 Å². The molecular formula is C12H24N2. The maximum atomic E-state index is 3.58. The molecule has 14 heavy (non-hydrogen) atoms. The minimum Gasteiger partial charge on any atom is -0.314 e. The van der Waals surface area contributed by atoms with Gasteiger partial charge in [0.25, 0.3) is 0 Å². The summed E-state index contributed by atoms with van der Waals surface area (Å²) in [5.74, 6) is 0.936. The summed E-state index contributed by atoms with van der Waals surface area (Å²) in [5.41, 5.74) is 0. The lowest BCUT2D eigenvalue weighted by atomic mass is 9.91. The summed E-state index contributed by atoms with van der Waals surface area (Å²) in [6.07, 6.45) is 5.73. The van der Waals surface area contributed by atoms with E-state index in [1.807, 2.05) is 0 Å². The second-order valence-corrected chi connectivity index (χ2v) is 5.45. The molecule has 0 aromatic heterocycles. The minimum atomic E-state index is 0.646. The van der Waals surface area contributed by atoms with Crippen molar-refractivity contribution in [3.63, 3.8) is 0 Å². The molecule has 2 aliphatic rings. The molecule has 1 N–H and O–H groups in total. The van der Waals surface area contributed by atoms with Crippen molar-refractivity contribution >= 4 is 0 Å². The zero-order chi connectivity index (χ0) is 10.1. The molecule has 2 saturated heterocycles. The predicted molar refractivity (Wildman–Crippen MR) is 60.4 cm³/mol. The largest absolute Gasteiger partial charge is 0.314 e. The van der Waals surface area contributed by atoms with Crippen LogP contribution < -0.4 is 5.32 Å². The highest BCUT2D eigenvalue weighted by Gasteiger charge is 2.37. The molecule has 0 spiro atoms. The zero-order valence-electron chi connectivity index (χ0n) is 9.79. The Bertz CT molecular complexity index is 177. The average molecular weight is 196 g/mol. The first-order chi connectivity index (χ1) is 6.66. The second-order valence-electron chi connectivity index (χ2n) is 5.45. The van der Waals surface area contributed by atoms with Crippen LogP contribution in [-0.4, -0.2) is 36.6 Å². The smallest absolute Gasteiger partial charge is 0.00988 e. The summed E-state index contributed by atoms with van der Waals surface area (Å²) in [6.45, 7) is 5.71. The summed E-state index contributed by atoms with van der Waals surface area (Å²) >= 11 is 0. The topological polar surface area (TPSA) is 15.3 Å². The maximum Gasteiger partial charge on any atom is 0.00988 e. The average Bonchev–Trinajstić information content (AvgIpc) is 2.41. The van der Waals surface area contributed by atoms with E-state index in [0.29, 0.717) is 6.04 Å². The van der Waals surface area contributed by atoms with E-state index in [1.54, 1.807) is 0 Å². The Kier molecular flexibility index (Phi) is 3.13. The van der Waals surface area contributed by atoms with E-state index >= 15 is 0 Å². The molecular weight excluding hydrogens is 172 g/mol. The van der Waals surface area contributed by atoms with Crippen LogP contribution in [0.3, 0.4) is 0 Å². The van der Waals surface area contributed by atoms with Gasteiger partial charge in [-0.15, -0.1) is 0 Å². The minimum absolute atomic E-state index is 0.646. The van der Waals surface area contributed by atoms with E-state index in [-0.39, 0.29) is 0 Å². The van der Waals surface area contributed by atoms with Crippen molar-refractivity contribution in [2.45, 2.75) is 57.7 Å². The van der Waals surface area contributed by atoms with Crippen molar-refractivity contribution in [3.05, 3.63) is 0 Å². The molecule has 0 aromatic rings. The fourth-order valence-corrected chi connectivity index (χ4v) is 3.09. The SMILES string of the molecule is CC(C)NCC1CC2CCC(C1)N2C. The van der Waals surface area contributed by atoms with Crippen molar-refractivity contribution in [2.24, 2.45) is 5.92 Å². The third-order valence-electron chi connectivity index (χ3n) is 4.01. The van der Waals surface area contributed by atoms with Gasteiger partial charge in [-0.2, -0.15) is 0 Å². The molecule has 2 rings (SSSR count). The molecule has 0 aromatic carbocycles. The van der Waals surface area contributed by atoms with Crippen LogP contribution >= 0.6 is 0 Å². The number of rotatable bonds is 3. The van der Waals surface area contributed by atoms with Crippen LogP contribution in [-0.2, 0) is 0 Å². The van der Waals surface area contributed by atoms with Gasteiger partial charge in [0.15, 0.2) is 0 Å². The Morgan fingerprint density at radius 3 is 2.29 bits per heavy atom. The van der Waals surface area contributed by atoms with E-state index in [0.717, 1.165) is 18.0 Å². The van der Waals surface area contributed by atoms with Crippen LogP contribution in [0.2, 0.25) is 0 Å². The number of nitrogens with one attached hydrogen (secondary N) is 1. The fraction of sp³-hybridized carbons (Fsp3) is 1.00. The van der Waals surface area contributed by atoms with Crippen LogP contribution in [0.4, 0.5) is 0 Å². The molecule has 2 unspecified atom stereocenters. The molecule has 2 heterocycles. The van der Waals surface area contributed by atoms with Gasteiger partial charge >= 0.3 is 0 Å². The Morgan fingerprint density at radius 1 is 1.21 bits per heavy atom. The summed E-state index contributed by atoms with van der Waals surface area (Å²) < 4.78 is 0. The molecule has 2 atom stereocenters. The molecule has 2 fully saturated rings. The quantitative estimate of drug-likeness (QED) is 0.741. The third kappa shape index (κ3) is 2.12. The summed E-state index contributed by atoms with van der Waals surface area (Å²) in [6, 6.07) is 2.44. The highest BCUT2D eigenvalue weighted by Crippen LogP contribution is 2.36. The van der Waals surface area contributed by atoms with Gasteiger partial charge in [-0.1, -0.05) is 13.8 Å². The van der Waals surface area contributed by atoms with Crippen LogP contribution in [0.15, 0.2) is 0 Å². The summed E-state index contributed by atoms with van der Waals surface area (Å²) in [7, 11) is 2.31. The third-order valence-corrected chi connectivity index (χ3v) is 4.01. The van der Waals surface area contributed by atoms with Crippen LogP contribution in [0.1, 0.15) is 39.5 Å². The van der Waals surface area contributed by atoms with Gasteiger partial charge in [0.2, 0.25) is 0 Å². The summed E-state index contributed by atoms with van der Waals surface area (Å²) in [4.78, 5) is 2.62. The molecule has 0 aliphatic carbocycles. The Balaban J connectivity index is 1.81. The van der Waals surface area contributed by atoms with Crippen molar-refractivity contribution in [1.82, 2.24) is 10.2 Å². The fourth-order valence-electron chi connectivity index (χ4n) is 3.09. The Hall–Kier alpha value is -0.0800. The second kappa shape index (κ2) is 4.19. The number of hydrogen-bond donors (Lipinski definition) is 1. The van der Waals surface area contributed by atoms with Crippen molar-refractivity contribution in [3.8, 4) is 0 Å². The number of hydrogen-bond acceptors (Lipinski definition) is 2. The number of nitrogens with zero attached hydrogens (tertiary/aromatic N) is 1. The normalized spacial score (nSPS) is 38.1. The van der Waals surface area contributed by atoms with Gasteiger partial charge < -0.3 is 10.2 Å². The molecule has 0 amide bonds. The molecule has 2 heteroatoms. The molecule has 2 bridgehead atoms. The van der Waals surface area contributed by atoms with Crippen LogP contribution in [0.5, 0.6) is 0 Å². The molecule has 2 aliphatic heterocycles. The van der Waals surface area contributed by atoms with Crippen molar-refractivity contribution in [2.75, 3.05) is 13.6 Å². The standard InChI is InChI=1S/C12H24N2/c1-9(2)13-8-10-6-11-4-5-12(7-10)14(11)3/h9-13H,4-8H2,1-3H3. The summed E-state index contributed by atoms with van der Waals surface area (Å²) in [5, 5.41) is 3.58. The van der Waals surface area contributed by atoms with Crippen LogP contribution in [0.25, 0.3) is 0 Å². The molecule has 0 saturated carbocycles.